The van der Waals surface area contributed by atoms with Gasteiger partial charge in [0.25, 0.3) is 0 Å². The normalized spacial score (nSPS) is 12.5. The third-order valence-electron chi connectivity index (χ3n) is 3.30. The molecule has 1 N–H and O–H groups in total. The van der Waals surface area contributed by atoms with Crippen molar-refractivity contribution in [3.8, 4) is 11.5 Å². The quantitative estimate of drug-likeness (QED) is 0.719. The highest BCUT2D eigenvalue weighted by atomic mass is 35.5. The summed E-state index contributed by atoms with van der Waals surface area (Å²) < 4.78 is 11.3. The predicted molar refractivity (Wildman–Crippen MR) is 89.5 cm³/mol. The summed E-state index contributed by atoms with van der Waals surface area (Å²) in [6, 6.07) is 4.36. The van der Waals surface area contributed by atoms with Gasteiger partial charge >= 0.3 is 0 Å². The second kappa shape index (κ2) is 9.16. The highest BCUT2D eigenvalue weighted by Crippen LogP contribution is 2.36. The predicted octanol–water partition coefficient (Wildman–Crippen LogP) is 4.66. The van der Waals surface area contributed by atoms with Gasteiger partial charge < -0.3 is 14.8 Å². The zero-order valence-corrected chi connectivity index (χ0v) is 14.6. The van der Waals surface area contributed by atoms with Gasteiger partial charge in [0.05, 0.1) is 18.7 Å². The van der Waals surface area contributed by atoms with E-state index in [1.807, 2.05) is 12.1 Å². The van der Waals surface area contributed by atoms with E-state index in [0.717, 1.165) is 24.9 Å². The fourth-order valence-corrected chi connectivity index (χ4v) is 2.43. The summed E-state index contributed by atoms with van der Waals surface area (Å²) in [5, 5.41) is 3.98. The summed E-state index contributed by atoms with van der Waals surface area (Å²) in [5.74, 6) is 1.86. The monoisotopic (exact) mass is 313 g/mol. The molecular formula is C17H28ClNO2. The second-order valence-corrected chi connectivity index (χ2v) is 6.26. The Balaban J connectivity index is 2.79. The number of hydrogen-bond acceptors (Lipinski definition) is 3. The van der Waals surface area contributed by atoms with Crippen LogP contribution >= 0.6 is 11.6 Å². The van der Waals surface area contributed by atoms with Crippen molar-refractivity contribution in [1.82, 2.24) is 5.32 Å². The zero-order chi connectivity index (χ0) is 15.8. The van der Waals surface area contributed by atoms with Crippen molar-refractivity contribution >= 4 is 11.6 Å². The molecule has 0 aliphatic rings. The Morgan fingerprint density at radius 2 is 1.95 bits per heavy atom. The van der Waals surface area contributed by atoms with Crippen molar-refractivity contribution in [3.63, 3.8) is 0 Å². The molecule has 120 valence electrons. The molecule has 0 aliphatic heterocycles. The number of benzene rings is 1. The number of methoxy groups -OCH3 is 1. The van der Waals surface area contributed by atoms with Crippen LogP contribution in [0.1, 0.15) is 46.1 Å². The fourth-order valence-electron chi connectivity index (χ4n) is 2.14. The first-order valence-corrected chi connectivity index (χ1v) is 8.08. The molecule has 1 atom stereocenters. The molecule has 0 aromatic heterocycles. The summed E-state index contributed by atoms with van der Waals surface area (Å²) in [6.45, 7) is 10.0. The molecule has 0 heterocycles. The van der Waals surface area contributed by atoms with E-state index < -0.39 is 0 Å². The molecule has 0 saturated heterocycles. The lowest BCUT2D eigenvalue weighted by Crippen LogP contribution is -2.21. The number of halogens is 1. The molecule has 0 aliphatic carbocycles. The van der Waals surface area contributed by atoms with Gasteiger partial charge in [0.15, 0.2) is 11.5 Å². The average Bonchev–Trinajstić information content (AvgIpc) is 2.43. The van der Waals surface area contributed by atoms with E-state index in [1.165, 1.54) is 0 Å². The van der Waals surface area contributed by atoms with Crippen LogP contribution in [0.25, 0.3) is 0 Å². The molecule has 0 amide bonds. The lowest BCUT2D eigenvalue weighted by atomic mass is 10.1. The van der Waals surface area contributed by atoms with Gasteiger partial charge in [-0.05, 0) is 30.0 Å². The smallest absolute Gasteiger partial charge is 0.179 e. The molecule has 3 nitrogen and oxygen atoms in total. The van der Waals surface area contributed by atoms with Gasteiger partial charge in [0.1, 0.15) is 0 Å². The first-order valence-electron chi connectivity index (χ1n) is 7.70. The van der Waals surface area contributed by atoms with E-state index in [-0.39, 0.29) is 0 Å². The average molecular weight is 314 g/mol. The minimum atomic E-state index is 0.431. The minimum Gasteiger partial charge on any atom is -0.493 e. The van der Waals surface area contributed by atoms with Crippen LogP contribution in [0, 0.1) is 5.92 Å². The van der Waals surface area contributed by atoms with Crippen LogP contribution in [0.2, 0.25) is 5.02 Å². The van der Waals surface area contributed by atoms with Gasteiger partial charge in [-0.15, -0.1) is 0 Å². The van der Waals surface area contributed by atoms with E-state index in [1.54, 1.807) is 7.11 Å². The number of rotatable bonds is 9. The first-order chi connectivity index (χ1) is 9.97. The van der Waals surface area contributed by atoms with Crippen LogP contribution in [0.15, 0.2) is 12.1 Å². The van der Waals surface area contributed by atoms with Crippen molar-refractivity contribution in [2.45, 2.75) is 53.1 Å². The lowest BCUT2D eigenvalue weighted by molar-refractivity contribution is 0.240. The van der Waals surface area contributed by atoms with E-state index in [4.69, 9.17) is 21.1 Å². The summed E-state index contributed by atoms with van der Waals surface area (Å²) in [6.07, 6.45) is 2.31. The zero-order valence-electron chi connectivity index (χ0n) is 13.8. The Bertz CT molecular complexity index is 435. The van der Waals surface area contributed by atoms with Gasteiger partial charge in [-0.1, -0.05) is 45.7 Å². The molecule has 4 heteroatoms. The third kappa shape index (κ3) is 6.15. The summed E-state index contributed by atoms with van der Waals surface area (Å²) >= 11 is 6.36. The maximum absolute atomic E-state index is 6.36. The molecular weight excluding hydrogens is 286 g/mol. The molecule has 1 aromatic carbocycles. The highest BCUT2D eigenvalue weighted by Gasteiger charge is 2.13. The van der Waals surface area contributed by atoms with Gasteiger partial charge in [0, 0.05) is 12.6 Å². The molecule has 1 aromatic rings. The van der Waals surface area contributed by atoms with Crippen LogP contribution in [-0.4, -0.2) is 19.8 Å². The molecule has 1 rings (SSSR count). The summed E-state index contributed by atoms with van der Waals surface area (Å²) in [5.41, 5.74) is 1.10. The highest BCUT2D eigenvalue weighted by molar-refractivity contribution is 6.32. The van der Waals surface area contributed by atoms with Crippen LogP contribution < -0.4 is 14.8 Å². The van der Waals surface area contributed by atoms with Gasteiger partial charge in [-0.3, -0.25) is 0 Å². The van der Waals surface area contributed by atoms with Crippen molar-refractivity contribution in [2.75, 3.05) is 13.7 Å². The van der Waals surface area contributed by atoms with Crippen LogP contribution in [0.4, 0.5) is 0 Å². The van der Waals surface area contributed by atoms with Crippen LogP contribution in [-0.2, 0) is 6.54 Å². The van der Waals surface area contributed by atoms with Crippen LogP contribution in [0.3, 0.4) is 0 Å². The Labute approximate surface area is 134 Å². The SMILES string of the molecule is CCCC(C)COc1c(Cl)cc(CNC(C)C)cc1OC. The lowest BCUT2D eigenvalue weighted by Gasteiger charge is -2.17. The summed E-state index contributed by atoms with van der Waals surface area (Å²) in [4.78, 5) is 0. The topological polar surface area (TPSA) is 30.5 Å². The summed E-state index contributed by atoms with van der Waals surface area (Å²) in [7, 11) is 1.65. The van der Waals surface area contributed by atoms with Crippen LogP contribution in [0.5, 0.6) is 11.5 Å². The van der Waals surface area contributed by atoms with Crippen molar-refractivity contribution < 1.29 is 9.47 Å². The first kappa shape index (κ1) is 18.1. The van der Waals surface area contributed by atoms with E-state index >= 15 is 0 Å². The van der Waals surface area contributed by atoms with Crippen molar-refractivity contribution in [2.24, 2.45) is 5.92 Å². The Morgan fingerprint density at radius 1 is 1.24 bits per heavy atom. The minimum absolute atomic E-state index is 0.431. The largest absolute Gasteiger partial charge is 0.493 e. The standard InChI is InChI=1S/C17H28ClNO2/c1-6-7-13(4)11-21-17-15(18)8-14(9-16(17)20-5)10-19-12(2)3/h8-9,12-13,19H,6-7,10-11H2,1-5H3. The van der Waals surface area contributed by atoms with Crippen molar-refractivity contribution in [1.29, 1.82) is 0 Å². The molecule has 0 fully saturated rings. The third-order valence-corrected chi connectivity index (χ3v) is 3.58. The van der Waals surface area contributed by atoms with E-state index in [9.17, 15) is 0 Å². The fraction of sp³-hybridized carbons (Fsp3) is 0.647. The van der Waals surface area contributed by atoms with E-state index in [2.05, 4.69) is 33.0 Å². The Hall–Kier alpha value is -0.930. The molecule has 0 radical (unpaired) electrons. The van der Waals surface area contributed by atoms with E-state index in [0.29, 0.717) is 35.1 Å². The Kier molecular flexibility index (Phi) is 7.91. The molecule has 0 spiro atoms. The molecule has 21 heavy (non-hydrogen) atoms. The molecule has 0 saturated carbocycles. The van der Waals surface area contributed by atoms with Gasteiger partial charge in [-0.25, -0.2) is 0 Å². The second-order valence-electron chi connectivity index (χ2n) is 5.85. The van der Waals surface area contributed by atoms with Crippen molar-refractivity contribution in [3.05, 3.63) is 22.7 Å². The number of nitrogens with one attached hydrogen (secondary N) is 1. The Morgan fingerprint density at radius 3 is 2.52 bits per heavy atom. The van der Waals surface area contributed by atoms with Gasteiger partial charge in [0.2, 0.25) is 0 Å². The number of ether oxygens (including phenoxy) is 2. The van der Waals surface area contributed by atoms with Gasteiger partial charge in [-0.2, -0.15) is 0 Å². The molecule has 0 bridgehead atoms. The maximum atomic E-state index is 6.36. The number of hydrogen-bond donors (Lipinski definition) is 1. The molecule has 1 unspecified atom stereocenters. The maximum Gasteiger partial charge on any atom is 0.179 e.